The van der Waals surface area contributed by atoms with Crippen LogP contribution in [0.25, 0.3) is 0 Å². The van der Waals surface area contributed by atoms with Crippen molar-refractivity contribution < 1.29 is 9.90 Å². The first kappa shape index (κ1) is 16.7. The molecule has 1 amide bonds. The smallest absolute Gasteiger partial charge is 0.234 e. The van der Waals surface area contributed by atoms with E-state index in [0.29, 0.717) is 13.1 Å². The van der Waals surface area contributed by atoms with Crippen LogP contribution in [-0.2, 0) is 4.79 Å². The average Bonchev–Trinajstić information content (AvgIpc) is 2.39. The van der Waals surface area contributed by atoms with E-state index in [0.717, 1.165) is 18.5 Å². The van der Waals surface area contributed by atoms with Crippen molar-refractivity contribution in [2.75, 3.05) is 26.2 Å². The predicted octanol–water partition coefficient (Wildman–Crippen LogP) is 1.88. The number of aliphatic hydroxyl groups excluding tert-OH is 1. The maximum atomic E-state index is 12.1. The lowest BCUT2D eigenvalue weighted by molar-refractivity contribution is -0.123. The fourth-order valence-electron chi connectivity index (χ4n) is 2.37. The maximum absolute atomic E-state index is 12.1. The molecule has 2 N–H and O–H groups in total. The molecule has 0 aromatic heterocycles. The van der Waals surface area contributed by atoms with E-state index in [9.17, 15) is 4.79 Å². The molecule has 0 saturated carbocycles. The standard InChI is InChI=1S/C16H26N2O2/c1-4-9-18(10-11-19)12-16(20)17-14(3)15-8-6-5-7-13(15)2/h5-8,14,19H,4,9-12H2,1-3H3,(H,17,20). The molecule has 0 fully saturated rings. The number of amides is 1. The molecule has 0 heterocycles. The van der Waals surface area contributed by atoms with Gasteiger partial charge in [0.15, 0.2) is 0 Å². The second kappa shape index (κ2) is 8.72. The van der Waals surface area contributed by atoms with Gasteiger partial charge >= 0.3 is 0 Å². The number of carbonyl (C=O) groups excluding carboxylic acids is 1. The predicted molar refractivity (Wildman–Crippen MR) is 81.6 cm³/mol. The highest BCUT2D eigenvalue weighted by molar-refractivity contribution is 5.78. The number of carbonyl (C=O) groups is 1. The van der Waals surface area contributed by atoms with Crippen LogP contribution in [0, 0.1) is 6.92 Å². The highest BCUT2D eigenvalue weighted by Crippen LogP contribution is 2.16. The van der Waals surface area contributed by atoms with Crippen molar-refractivity contribution in [1.29, 1.82) is 0 Å². The van der Waals surface area contributed by atoms with Crippen molar-refractivity contribution in [2.45, 2.75) is 33.2 Å². The van der Waals surface area contributed by atoms with Gasteiger partial charge < -0.3 is 10.4 Å². The van der Waals surface area contributed by atoms with Gasteiger partial charge in [0, 0.05) is 6.54 Å². The lowest BCUT2D eigenvalue weighted by Gasteiger charge is -2.22. The van der Waals surface area contributed by atoms with Crippen molar-refractivity contribution in [1.82, 2.24) is 10.2 Å². The van der Waals surface area contributed by atoms with Crippen LogP contribution in [0.2, 0.25) is 0 Å². The Hall–Kier alpha value is -1.39. The third-order valence-electron chi connectivity index (χ3n) is 3.36. The first-order valence-electron chi connectivity index (χ1n) is 7.26. The third-order valence-corrected chi connectivity index (χ3v) is 3.36. The number of nitrogens with one attached hydrogen (secondary N) is 1. The Balaban J connectivity index is 2.54. The van der Waals surface area contributed by atoms with Crippen molar-refractivity contribution in [2.24, 2.45) is 0 Å². The molecule has 4 heteroatoms. The van der Waals surface area contributed by atoms with Gasteiger partial charge in [-0.1, -0.05) is 31.2 Å². The number of hydrogen-bond donors (Lipinski definition) is 2. The summed E-state index contributed by atoms with van der Waals surface area (Å²) >= 11 is 0. The molecule has 0 aliphatic carbocycles. The monoisotopic (exact) mass is 278 g/mol. The molecule has 112 valence electrons. The van der Waals surface area contributed by atoms with E-state index < -0.39 is 0 Å². The summed E-state index contributed by atoms with van der Waals surface area (Å²) in [5, 5.41) is 12.0. The number of hydrogen-bond acceptors (Lipinski definition) is 3. The molecule has 0 saturated heterocycles. The lowest BCUT2D eigenvalue weighted by atomic mass is 10.0. The minimum Gasteiger partial charge on any atom is -0.395 e. The Kier molecular flexibility index (Phi) is 7.26. The fourth-order valence-corrected chi connectivity index (χ4v) is 2.37. The van der Waals surface area contributed by atoms with Gasteiger partial charge in [0.2, 0.25) is 5.91 Å². The van der Waals surface area contributed by atoms with E-state index in [1.54, 1.807) is 0 Å². The molecule has 0 spiro atoms. The normalized spacial score (nSPS) is 12.4. The molecule has 1 unspecified atom stereocenters. The van der Waals surface area contributed by atoms with Gasteiger partial charge in [0.05, 0.1) is 19.2 Å². The number of aliphatic hydroxyl groups is 1. The van der Waals surface area contributed by atoms with Crippen LogP contribution in [0.4, 0.5) is 0 Å². The van der Waals surface area contributed by atoms with E-state index in [-0.39, 0.29) is 18.6 Å². The summed E-state index contributed by atoms with van der Waals surface area (Å²) in [5.74, 6) is 0.00246. The largest absolute Gasteiger partial charge is 0.395 e. The number of benzene rings is 1. The lowest BCUT2D eigenvalue weighted by Crippen LogP contribution is -2.40. The van der Waals surface area contributed by atoms with Crippen molar-refractivity contribution in [3.63, 3.8) is 0 Å². The van der Waals surface area contributed by atoms with Crippen LogP contribution in [0.3, 0.4) is 0 Å². The Morgan fingerprint density at radius 2 is 2.05 bits per heavy atom. The Bertz CT molecular complexity index is 415. The molecule has 1 atom stereocenters. The molecule has 0 radical (unpaired) electrons. The van der Waals surface area contributed by atoms with E-state index in [1.807, 2.05) is 43.0 Å². The van der Waals surface area contributed by atoms with Crippen molar-refractivity contribution in [3.8, 4) is 0 Å². The number of rotatable bonds is 8. The van der Waals surface area contributed by atoms with Gasteiger partial charge in [0.25, 0.3) is 0 Å². The summed E-state index contributed by atoms with van der Waals surface area (Å²) in [6.07, 6.45) is 0.973. The maximum Gasteiger partial charge on any atom is 0.234 e. The number of aryl methyl sites for hydroxylation is 1. The molecule has 0 aliphatic heterocycles. The minimum atomic E-state index is 0.00121. The fraction of sp³-hybridized carbons (Fsp3) is 0.562. The molecule has 1 aromatic rings. The first-order chi connectivity index (χ1) is 9.58. The summed E-state index contributed by atoms with van der Waals surface area (Å²) < 4.78 is 0. The molecule has 0 bridgehead atoms. The Labute approximate surface area is 121 Å². The zero-order valence-corrected chi connectivity index (χ0v) is 12.7. The van der Waals surface area contributed by atoms with Gasteiger partial charge in [-0.15, -0.1) is 0 Å². The summed E-state index contributed by atoms with van der Waals surface area (Å²) in [7, 11) is 0. The van der Waals surface area contributed by atoms with Gasteiger partial charge in [-0.25, -0.2) is 0 Å². The molecule has 0 aliphatic rings. The van der Waals surface area contributed by atoms with E-state index in [2.05, 4.69) is 12.2 Å². The van der Waals surface area contributed by atoms with Gasteiger partial charge in [-0.05, 0) is 37.9 Å². The van der Waals surface area contributed by atoms with E-state index >= 15 is 0 Å². The Morgan fingerprint density at radius 3 is 2.65 bits per heavy atom. The minimum absolute atomic E-state index is 0.00121. The summed E-state index contributed by atoms with van der Waals surface area (Å²) in [5.41, 5.74) is 2.33. The molecular formula is C16H26N2O2. The zero-order chi connectivity index (χ0) is 15.0. The van der Waals surface area contributed by atoms with Crippen LogP contribution in [0.15, 0.2) is 24.3 Å². The molecular weight excluding hydrogens is 252 g/mol. The topological polar surface area (TPSA) is 52.6 Å². The zero-order valence-electron chi connectivity index (χ0n) is 12.7. The van der Waals surface area contributed by atoms with Gasteiger partial charge in [0.1, 0.15) is 0 Å². The van der Waals surface area contributed by atoms with E-state index in [4.69, 9.17) is 5.11 Å². The third kappa shape index (κ3) is 5.31. The molecule has 4 nitrogen and oxygen atoms in total. The molecule has 1 rings (SSSR count). The second-order valence-electron chi connectivity index (χ2n) is 5.15. The van der Waals surface area contributed by atoms with Crippen LogP contribution >= 0.6 is 0 Å². The molecule has 1 aromatic carbocycles. The summed E-state index contributed by atoms with van der Waals surface area (Å²) in [6, 6.07) is 8.07. The molecule has 20 heavy (non-hydrogen) atoms. The van der Waals surface area contributed by atoms with Gasteiger partial charge in [-0.3, -0.25) is 9.69 Å². The Morgan fingerprint density at radius 1 is 1.35 bits per heavy atom. The average molecular weight is 278 g/mol. The number of nitrogens with zero attached hydrogens (tertiary/aromatic N) is 1. The van der Waals surface area contributed by atoms with Crippen LogP contribution in [-0.4, -0.2) is 42.2 Å². The SMILES string of the molecule is CCCN(CCO)CC(=O)NC(C)c1ccccc1C. The van der Waals surface area contributed by atoms with Crippen LogP contribution < -0.4 is 5.32 Å². The quantitative estimate of drug-likeness (QED) is 0.763. The summed E-state index contributed by atoms with van der Waals surface area (Å²) in [4.78, 5) is 14.0. The summed E-state index contributed by atoms with van der Waals surface area (Å²) in [6.45, 7) is 7.90. The van der Waals surface area contributed by atoms with Crippen molar-refractivity contribution >= 4 is 5.91 Å². The highest BCUT2D eigenvalue weighted by Gasteiger charge is 2.14. The first-order valence-corrected chi connectivity index (χ1v) is 7.26. The van der Waals surface area contributed by atoms with E-state index in [1.165, 1.54) is 5.56 Å². The second-order valence-corrected chi connectivity index (χ2v) is 5.15. The van der Waals surface area contributed by atoms with Crippen molar-refractivity contribution in [3.05, 3.63) is 35.4 Å². The van der Waals surface area contributed by atoms with Crippen LogP contribution in [0.5, 0.6) is 0 Å². The van der Waals surface area contributed by atoms with Crippen LogP contribution in [0.1, 0.15) is 37.4 Å². The van der Waals surface area contributed by atoms with Gasteiger partial charge in [-0.2, -0.15) is 0 Å². The highest BCUT2D eigenvalue weighted by atomic mass is 16.3.